The van der Waals surface area contributed by atoms with Crippen molar-refractivity contribution in [2.75, 3.05) is 13.7 Å². The molecule has 96 valence electrons. The summed E-state index contributed by atoms with van der Waals surface area (Å²) in [6.45, 7) is 0.705. The van der Waals surface area contributed by atoms with E-state index in [4.69, 9.17) is 0 Å². The van der Waals surface area contributed by atoms with Crippen LogP contribution in [0.5, 0.6) is 0 Å². The molecule has 1 rings (SSSR count). The van der Waals surface area contributed by atoms with Crippen molar-refractivity contribution in [3.05, 3.63) is 12.2 Å². The van der Waals surface area contributed by atoms with Crippen molar-refractivity contribution >= 4 is 11.9 Å². The predicted molar refractivity (Wildman–Crippen MR) is 65.4 cm³/mol. The maximum atomic E-state index is 11.6. The summed E-state index contributed by atoms with van der Waals surface area (Å²) in [5.74, 6) is 0.138. The van der Waals surface area contributed by atoms with Gasteiger partial charge in [-0.25, -0.2) is 0 Å². The molecule has 0 aromatic carbocycles. The molecule has 0 heterocycles. The van der Waals surface area contributed by atoms with Gasteiger partial charge < -0.3 is 10.1 Å². The molecule has 1 N–H and O–H groups in total. The van der Waals surface area contributed by atoms with Gasteiger partial charge in [-0.2, -0.15) is 0 Å². The molecule has 1 aliphatic rings. The topological polar surface area (TPSA) is 55.4 Å². The third-order valence-corrected chi connectivity index (χ3v) is 2.96. The second-order valence-corrected chi connectivity index (χ2v) is 4.32. The van der Waals surface area contributed by atoms with E-state index in [1.807, 2.05) is 0 Å². The number of allylic oxidation sites excluding steroid dienone is 2. The van der Waals surface area contributed by atoms with Crippen molar-refractivity contribution in [3.8, 4) is 0 Å². The first-order valence-corrected chi connectivity index (χ1v) is 6.23. The lowest BCUT2D eigenvalue weighted by molar-refractivity contribution is -0.140. The van der Waals surface area contributed by atoms with E-state index in [0.717, 1.165) is 32.1 Å². The van der Waals surface area contributed by atoms with Crippen LogP contribution in [-0.4, -0.2) is 25.5 Å². The number of amides is 1. The number of ether oxygens (including phenoxy) is 1. The van der Waals surface area contributed by atoms with Crippen molar-refractivity contribution in [2.45, 2.75) is 38.5 Å². The maximum Gasteiger partial charge on any atom is 0.305 e. The minimum atomic E-state index is -0.161. The van der Waals surface area contributed by atoms with Crippen LogP contribution < -0.4 is 5.32 Å². The fourth-order valence-electron chi connectivity index (χ4n) is 1.86. The second-order valence-electron chi connectivity index (χ2n) is 4.32. The van der Waals surface area contributed by atoms with Gasteiger partial charge >= 0.3 is 5.97 Å². The Morgan fingerprint density at radius 3 is 2.59 bits per heavy atom. The van der Waals surface area contributed by atoms with Gasteiger partial charge in [-0.15, -0.1) is 0 Å². The molecule has 17 heavy (non-hydrogen) atoms. The molecule has 0 saturated carbocycles. The SMILES string of the molecule is COC(=O)CCCCCNC(=O)C1CC=CC1. The molecule has 0 aromatic rings. The zero-order valence-electron chi connectivity index (χ0n) is 10.4. The molecule has 0 aromatic heterocycles. The van der Waals surface area contributed by atoms with Gasteiger partial charge in [0.2, 0.25) is 5.91 Å². The molecule has 0 aliphatic heterocycles. The monoisotopic (exact) mass is 239 g/mol. The van der Waals surface area contributed by atoms with Crippen LogP contribution in [0, 0.1) is 5.92 Å². The van der Waals surface area contributed by atoms with E-state index >= 15 is 0 Å². The summed E-state index contributed by atoms with van der Waals surface area (Å²) in [6, 6.07) is 0. The lowest BCUT2D eigenvalue weighted by Gasteiger charge is -2.09. The number of carbonyl (C=O) groups is 2. The van der Waals surface area contributed by atoms with Gasteiger partial charge in [0, 0.05) is 18.9 Å². The molecular weight excluding hydrogens is 218 g/mol. The molecule has 0 atom stereocenters. The minimum Gasteiger partial charge on any atom is -0.469 e. The molecule has 0 saturated heterocycles. The predicted octanol–water partition coefficient (Wildman–Crippen LogP) is 1.80. The molecule has 4 heteroatoms. The Bertz CT molecular complexity index is 278. The van der Waals surface area contributed by atoms with Crippen molar-refractivity contribution < 1.29 is 14.3 Å². The number of methoxy groups -OCH3 is 1. The molecule has 1 aliphatic carbocycles. The summed E-state index contributed by atoms with van der Waals surface area (Å²) in [4.78, 5) is 22.4. The fourth-order valence-corrected chi connectivity index (χ4v) is 1.86. The summed E-state index contributed by atoms with van der Waals surface area (Å²) in [5.41, 5.74) is 0. The lowest BCUT2D eigenvalue weighted by atomic mass is 10.1. The number of nitrogens with one attached hydrogen (secondary N) is 1. The second kappa shape index (κ2) is 7.87. The number of unbranched alkanes of at least 4 members (excludes halogenated alkanes) is 2. The van der Waals surface area contributed by atoms with Crippen LogP contribution in [0.15, 0.2) is 12.2 Å². The highest BCUT2D eigenvalue weighted by Crippen LogP contribution is 2.17. The normalized spacial score (nSPS) is 14.9. The molecule has 0 unspecified atom stereocenters. The Morgan fingerprint density at radius 1 is 1.24 bits per heavy atom. The highest BCUT2D eigenvalue weighted by molar-refractivity contribution is 5.79. The van der Waals surface area contributed by atoms with Crippen LogP contribution in [0.25, 0.3) is 0 Å². The number of rotatable bonds is 7. The molecule has 0 radical (unpaired) electrons. The summed E-state index contributed by atoms with van der Waals surface area (Å²) in [6.07, 6.45) is 9.01. The highest BCUT2D eigenvalue weighted by Gasteiger charge is 2.18. The zero-order chi connectivity index (χ0) is 12.5. The van der Waals surface area contributed by atoms with Crippen LogP contribution in [-0.2, 0) is 14.3 Å². The molecule has 0 bridgehead atoms. The summed E-state index contributed by atoms with van der Waals surface area (Å²) in [7, 11) is 1.40. The standard InChI is InChI=1S/C13H21NO3/c1-17-12(15)9-3-2-6-10-14-13(16)11-7-4-5-8-11/h4-5,11H,2-3,6-10H2,1H3,(H,14,16). The molecular formula is C13H21NO3. The zero-order valence-corrected chi connectivity index (χ0v) is 10.4. The fraction of sp³-hybridized carbons (Fsp3) is 0.692. The number of hydrogen-bond acceptors (Lipinski definition) is 3. The van der Waals surface area contributed by atoms with Gasteiger partial charge in [0.1, 0.15) is 0 Å². The van der Waals surface area contributed by atoms with Gasteiger partial charge in [-0.05, 0) is 25.7 Å². The molecule has 0 fully saturated rings. The quantitative estimate of drug-likeness (QED) is 0.419. The van der Waals surface area contributed by atoms with Crippen molar-refractivity contribution in [1.29, 1.82) is 0 Å². The van der Waals surface area contributed by atoms with E-state index in [-0.39, 0.29) is 17.8 Å². The van der Waals surface area contributed by atoms with E-state index in [1.54, 1.807) is 0 Å². The van der Waals surface area contributed by atoms with E-state index < -0.39 is 0 Å². The van der Waals surface area contributed by atoms with Gasteiger partial charge in [-0.1, -0.05) is 18.6 Å². The lowest BCUT2D eigenvalue weighted by Crippen LogP contribution is -2.30. The van der Waals surface area contributed by atoms with E-state index in [0.29, 0.717) is 13.0 Å². The minimum absolute atomic E-state index is 0.144. The van der Waals surface area contributed by atoms with Crippen LogP contribution >= 0.6 is 0 Å². The third kappa shape index (κ3) is 5.52. The van der Waals surface area contributed by atoms with E-state index in [1.165, 1.54) is 7.11 Å². The first kappa shape index (κ1) is 13.7. The van der Waals surface area contributed by atoms with Gasteiger partial charge in [-0.3, -0.25) is 9.59 Å². The Hall–Kier alpha value is -1.32. The average molecular weight is 239 g/mol. The van der Waals surface area contributed by atoms with E-state index in [9.17, 15) is 9.59 Å². The Kier molecular flexibility index (Phi) is 6.37. The first-order valence-electron chi connectivity index (χ1n) is 6.23. The largest absolute Gasteiger partial charge is 0.469 e. The number of carbonyl (C=O) groups excluding carboxylic acids is 2. The van der Waals surface area contributed by atoms with Crippen LogP contribution in [0.3, 0.4) is 0 Å². The van der Waals surface area contributed by atoms with Crippen LogP contribution in [0.2, 0.25) is 0 Å². The summed E-state index contributed by atoms with van der Waals surface area (Å²) in [5, 5.41) is 2.93. The Labute approximate surface area is 102 Å². The number of hydrogen-bond donors (Lipinski definition) is 1. The Balaban J connectivity index is 1.93. The van der Waals surface area contributed by atoms with Crippen molar-refractivity contribution in [3.63, 3.8) is 0 Å². The van der Waals surface area contributed by atoms with Crippen LogP contribution in [0.4, 0.5) is 0 Å². The van der Waals surface area contributed by atoms with Crippen molar-refractivity contribution in [1.82, 2.24) is 5.32 Å². The number of esters is 1. The summed E-state index contributed by atoms with van der Waals surface area (Å²) < 4.78 is 4.55. The Morgan fingerprint density at radius 2 is 1.94 bits per heavy atom. The average Bonchev–Trinajstić information content (AvgIpc) is 2.86. The highest BCUT2D eigenvalue weighted by atomic mass is 16.5. The van der Waals surface area contributed by atoms with Gasteiger partial charge in [0.15, 0.2) is 0 Å². The maximum absolute atomic E-state index is 11.6. The van der Waals surface area contributed by atoms with Gasteiger partial charge in [0.25, 0.3) is 0 Å². The summed E-state index contributed by atoms with van der Waals surface area (Å²) >= 11 is 0. The first-order chi connectivity index (χ1) is 8.24. The third-order valence-electron chi connectivity index (χ3n) is 2.96. The molecule has 0 spiro atoms. The van der Waals surface area contributed by atoms with Crippen molar-refractivity contribution in [2.24, 2.45) is 5.92 Å². The van der Waals surface area contributed by atoms with Crippen LogP contribution in [0.1, 0.15) is 38.5 Å². The molecule has 1 amide bonds. The van der Waals surface area contributed by atoms with Gasteiger partial charge in [0.05, 0.1) is 7.11 Å². The molecule has 4 nitrogen and oxygen atoms in total. The smallest absolute Gasteiger partial charge is 0.305 e. The van der Waals surface area contributed by atoms with E-state index in [2.05, 4.69) is 22.2 Å².